The van der Waals surface area contributed by atoms with Gasteiger partial charge in [0, 0.05) is 24.1 Å². The van der Waals surface area contributed by atoms with E-state index in [4.69, 9.17) is 9.47 Å². The van der Waals surface area contributed by atoms with Gasteiger partial charge in [-0.15, -0.1) is 0 Å². The second-order valence-corrected chi connectivity index (χ2v) is 4.81. The Morgan fingerprint density at radius 1 is 0.950 bits per heavy atom. The fourth-order valence-electron chi connectivity index (χ4n) is 2.63. The van der Waals surface area contributed by atoms with Gasteiger partial charge < -0.3 is 26.5 Å². The molecule has 0 atom stereocenters. The van der Waals surface area contributed by atoms with Crippen LogP contribution in [0.5, 0.6) is 11.5 Å². The van der Waals surface area contributed by atoms with Gasteiger partial charge in [0.25, 0.3) is 0 Å². The average molecular weight is 332 g/mol. The van der Waals surface area contributed by atoms with Gasteiger partial charge in [-0.3, -0.25) is 0 Å². The molecule has 2 aliphatic rings. The summed E-state index contributed by atoms with van der Waals surface area (Å²) < 4.78 is 13.2. The molecule has 0 bridgehead atoms. The monoisotopic (exact) mass is 331 g/mol. The third-order valence-corrected chi connectivity index (χ3v) is 3.64. The number of para-hydroxylation sites is 1. The van der Waals surface area contributed by atoms with Crippen LogP contribution in [0.2, 0.25) is 0 Å². The van der Waals surface area contributed by atoms with E-state index >= 15 is 0 Å². The molecule has 2 aromatic rings. The third kappa shape index (κ3) is 2.20. The first-order valence-corrected chi connectivity index (χ1v) is 6.49. The van der Waals surface area contributed by atoms with Gasteiger partial charge in [0.15, 0.2) is 24.3 Å². The smallest absolute Gasteiger partial charge is 0.231 e. The molecule has 0 N–H and O–H groups in total. The van der Waals surface area contributed by atoms with Crippen molar-refractivity contribution in [2.45, 2.75) is 6.42 Å². The molecule has 102 valence electrons. The number of fused-ring (bicyclic) bond motifs is 2. The van der Waals surface area contributed by atoms with Crippen LogP contribution in [0.4, 0.5) is 5.69 Å². The molecule has 0 radical (unpaired) electrons. The average Bonchev–Trinajstić information content (AvgIpc) is 2.92. The van der Waals surface area contributed by atoms with Gasteiger partial charge in [-0.05, 0) is 17.7 Å². The molecule has 0 fully saturated rings. The van der Waals surface area contributed by atoms with E-state index in [1.807, 2.05) is 6.07 Å². The van der Waals surface area contributed by atoms with E-state index in [0.717, 1.165) is 24.5 Å². The predicted octanol–water partition coefficient (Wildman–Crippen LogP) is -0.262. The quantitative estimate of drug-likeness (QED) is 0.671. The maximum atomic E-state index is 5.44. The molecular weight excluding hydrogens is 318 g/mol. The van der Waals surface area contributed by atoms with Crippen molar-refractivity contribution in [3.63, 3.8) is 0 Å². The molecule has 0 amide bonds. The molecular formula is C16H14BrNO2. The van der Waals surface area contributed by atoms with Crippen LogP contribution in [0, 0.1) is 0 Å². The molecule has 0 aliphatic carbocycles. The number of halogens is 1. The van der Waals surface area contributed by atoms with Gasteiger partial charge in [-0.25, -0.2) is 0 Å². The van der Waals surface area contributed by atoms with Crippen LogP contribution in [-0.2, 0) is 6.42 Å². The minimum absolute atomic E-state index is 0. The van der Waals surface area contributed by atoms with E-state index in [9.17, 15) is 0 Å². The van der Waals surface area contributed by atoms with E-state index in [2.05, 4.69) is 47.2 Å². The molecule has 4 heteroatoms. The highest BCUT2D eigenvalue weighted by molar-refractivity contribution is 5.81. The standard InChI is InChI=1S/C16H14NO2.BrH/c1-2-4-14(5-3-1)17-7-6-12-8-15-16(19-11-18-15)9-13(12)10-17;/h1-5,8-10H,6-7,11H2;1H/q+1;/p-1. The topological polar surface area (TPSA) is 21.5 Å². The largest absolute Gasteiger partial charge is 1.00 e. The molecule has 0 aromatic heterocycles. The molecule has 0 saturated carbocycles. The van der Waals surface area contributed by atoms with Crippen molar-refractivity contribution >= 4 is 11.9 Å². The molecule has 0 spiro atoms. The molecule has 2 aliphatic heterocycles. The first-order valence-electron chi connectivity index (χ1n) is 6.49. The summed E-state index contributed by atoms with van der Waals surface area (Å²) in [6, 6.07) is 14.6. The molecule has 2 aromatic carbocycles. The molecule has 0 saturated heterocycles. The first-order chi connectivity index (χ1) is 9.40. The molecule has 0 unspecified atom stereocenters. The highest BCUT2D eigenvalue weighted by Gasteiger charge is 2.22. The maximum Gasteiger partial charge on any atom is 0.231 e. The Morgan fingerprint density at radius 2 is 1.70 bits per heavy atom. The Kier molecular flexibility index (Phi) is 3.49. The van der Waals surface area contributed by atoms with Crippen molar-refractivity contribution in [2.24, 2.45) is 0 Å². The highest BCUT2D eigenvalue weighted by Crippen LogP contribution is 2.35. The van der Waals surface area contributed by atoms with Crippen molar-refractivity contribution < 1.29 is 31.0 Å². The first kappa shape index (κ1) is 13.2. The zero-order valence-corrected chi connectivity index (χ0v) is 12.5. The minimum atomic E-state index is 0. The molecule has 3 nitrogen and oxygen atoms in total. The summed E-state index contributed by atoms with van der Waals surface area (Å²) in [4.78, 5) is 0. The van der Waals surface area contributed by atoms with E-state index in [-0.39, 0.29) is 17.0 Å². The summed E-state index contributed by atoms with van der Waals surface area (Å²) in [5.74, 6) is 1.73. The summed E-state index contributed by atoms with van der Waals surface area (Å²) >= 11 is 0. The van der Waals surface area contributed by atoms with Crippen molar-refractivity contribution in [3.8, 4) is 11.5 Å². The van der Waals surface area contributed by atoms with Crippen LogP contribution in [0.3, 0.4) is 0 Å². The number of hydrogen-bond acceptors (Lipinski definition) is 2. The van der Waals surface area contributed by atoms with Gasteiger partial charge >= 0.3 is 0 Å². The van der Waals surface area contributed by atoms with Crippen LogP contribution in [-0.4, -0.2) is 24.1 Å². The third-order valence-electron chi connectivity index (χ3n) is 3.64. The molecule has 4 rings (SSSR count). The Morgan fingerprint density at radius 3 is 2.50 bits per heavy atom. The lowest BCUT2D eigenvalue weighted by Gasteiger charge is -2.12. The minimum Gasteiger partial charge on any atom is -1.00 e. The van der Waals surface area contributed by atoms with Gasteiger partial charge in [0.2, 0.25) is 12.5 Å². The predicted molar refractivity (Wildman–Crippen MR) is 72.7 cm³/mol. The number of nitrogens with zero attached hydrogens (tertiary/aromatic N) is 1. The van der Waals surface area contributed by atoms with Gasteiger partial charge in [0.05, 0.1) is 0 Å². The summed E-state index contributed by atoms with van der Waals surface area (Å²) in [5.41, 5.74) is 3.78. The van der Waals surface area contributed by atoms with Crippen LogP contribution >= 0.6 is 0 Å². The van der Waals surface area contributed by atoms with E-state index in [1.165, 1.54) is 16.8 Å². The van der Waals surface area contributed by atoms with Crippen molar-refractivity contribution in [2.75, 3.05) is 13.3 Å². The van der Waals surface area contributed by atoms with E-state index < -0.39 is 0 Å². The van der Waals surface area contributed by atoms with Crippen molar-refractivity contribution in [1.82, 2.24) is 0 Å². The summed E-state index contributed by atoms with van der Waals surface area (Å²) in [5, 5.41) is 0. The maximum absolute atomic E-state index is 5.44. The summed E-state index contributed by atoms with van der Waals surface area (Å²) in [6.07, 6.45) is 3.22. The van der Waals surface area contributed by atoms with Crippen molar-refractivity contribution in [1.29, 1.82) is 0 Å². The van der Waals surface area contributed by atoms with Crippen LogP contribution in [0.1, 0.15) is 11.1 Å². The number of rotatable bonds is 1. The normalized spacial score (nSPS) is 15.1. The summed E-state index contributed by atoms with van der Waals surface area (Å²) in [6.45, 7) is 1.33. The zero-order chi connectivity index (χ0) is 12.7. The van der Waals surface area contributed by atoms with Crippen LogP contribution < -0.4 is 26.5 Å². The number of ether oxygens (including phenoxy) is 2. The fraction of sp³-hybridized carbons (Fsp3) is 0.188. The zero-order valence-electron chi connectivity index (χ0n) is 10.9. The van der Waals surface area contributed by atoms with Gasteiger partial charge in [-0.2, -0.15) is 4.58 Å². The van der Waals surface area contributed by atoms with Gasteiger partial charge in [-0.1, -0.05) is 18.2 Å². The molecule has 2 heterocycles. The SMILES string of the molecule is C1=[N+](c2ccccc2)CCc2cc3c(cc21)OCO3.[Br-]. The molecule has 20 heavy (non-hydrogen) atoms. The highest BCUT2D eigenvalue weighted by atomic mass is 79.9. The van der Waals surface area contributed by atoms with E-state index in [0.29, 0.717) is 6.79 Å². The van der Waals surface area contributed by atoms with Crippen LogP contribution in [0.15, 0.2) is 42.5 Å². The number of benzene rings is 2. The lowest BCUT2D eigenvalue weighted by atomic mass is 10.0. The Bertz CT molecular complexity index is 668. The Labute approximate surface area is 128 Å². The Hall–Kier alpha value is -1.81. The van der Waals surface area contributed by atoms with E-state index in [1.54, 1.807) is 0 Å². The second kappa shape index (κ2) is 5.29. The number of hydrogen-bond donors (Lipinski definition) is 0. The lowest BCUT2D eigenvalue weighted by Crippen LogP contribution is -3.00. The summed E-state index contributed by atoms with van der Waals surface area (Å²) in [7, 11) is 0. The Balaban J connectivity index is 0.00000121. The second-order valence-electron chi connectivity index (χ2n) is 4.81. The van der Waals surface area contributed by atoms with Crippen LogP contribution in [0.25, 0.3) is 0 Å². The van der Waals surface area contributed by atoms with Crippen molar-refractivity contribution in [3.05, 3.63) is 53.6 Å². The van der Waals surface area contributed by atoms with Gasteiger partial charge in [0.1, 0.15) is 0 Å². The lowest BCUT2D eigenvalue weighted by molar-refractivity contribution is -0.436. The fourth-order valence-corrected chi connectivity index (χ4v) is 2.63.